The van der Waals surface area contributed by atoms with Crippen molar-refractivity contribution < 1.29 is 27.9 Å². The van der Waals surface area contributed by atoms with Gasteiger partial charge in [0.2, 0.25) is 5.16 Å². The molecule has 11 heteroatoms. The molecule has 1 aliphatic heterocycles. The van der Waals surface area contributed by atoms with Crippen LogP contribution in [0.2, 0.25) is 0 Å². The van der Waals surface area contributed by atoms with E-state index in [0.717, 1.165) is 0 Å². The van der Waals surface area contributed by atoms with E-state index in [0.29, 0.717) is 16.4 Å². The van der Waals surface area contributed by atoms with Crippen LogP contribution in [0, 0.1) is 0 Å². The Bertz CT molecular complexity index is 515. The summed E-state index contributed by atoms with van der Waals surface area (Å²) in [7, 11) is 0. The van der Waals surface area contributed by atoms with Crippen molar-refractivity contribution in [1.29, 1.82) is 0 Å². The fourth-order valence-electron chi connectivity index (χ4n) is 1.29. The number of nitrogens with one attached hydrogen (secondary N) is 1. The van der Waals surface area contributed by atoms with Gasteiger partial charge in [-0.15, -0.1) is 10.2 Å². The maximum absolute atomic E-state index is 12.5. The number of carboxylic acids is 1. The van der Waals surface area contributed by atoms with E-state index < -0.39 is 35.5 Å². The van der Waals surface area contributed by atoms with Crippen molar-refractivity contribution in [2.24, 2.45) is 0 Å². The molecule has 0 spiro atoms. The third kappa shape index (κ3) is 2.25. The molecule has 2 N–H and O–H groups in total. The molecule has 0 radical (unpaired) electrons. The highest BCUT2D eigenvalue weighted by Gasteiger charge is 2.42. The molecule has 1 unspecified atom stereocenters. The third-order valence-electron chi connectivity index (χ3n) is 2.01. The zero-order valence-corrected chi connectivity index (χ0v) is 9.25. The SMILES string of the molecule is O=C(O)CC1Sc2nnc(C(F)(F)F)n2NC1=O. The molecule has 0 saturated heterocycles. The summed E-state index contributed by atoms with van der Waals surface area (Å²) in [5.74, 6) is -3.42. The smallest absolute Gasteiger partial charge is 0.453 e. The molecule has 2 rings (SSSR count). The van der Waals surface area contributed by atoms with E-state index in [-0.39, 0.29) is 5.16 Å². The van der Waals surface area contributed by atoms with Crippen molar-refractivity contribution in [3.05, 3.63) is 5.82 Å². The number of amides is 1. The van der Waals surface area contributed by atoms with E-state index in [1.165, 1.54) is 0 Å². The third-order valence-corrected chi connectivity index (χ3v) is 3.15. The molecule has 18 heavy (non-hydrogen) atoms. The lowest BCUT2D eigenvalue weighted by atomic mass is 10.3. The number of thioether (sulfide) groups is 1. The molecule has 7 nitrogen and oxygen atoms in total. The average Bonchev–Trinajstić information content (AvgIpc) is 2.59. The second kappa shape index (κ2) is 4.15. The van der Waals surface area contributed by atoms with Crippen LogP contribution < -0.4 is 5.43 Å². The molecule has 0 saturated carbocycles. The first kappa shape index (κ1) is 12.7. The van der Waals surface area contributed by atoms with E-state index in [1.54, 1.807) is 0 Å². The Kier molecular flexibility index (Phi) is 2.92. The molecular weight excluding hydrogens is 277 g/mol. The highest BCUT2D eigenvalue weighted by Crippen LogP contribution is 2.33. The van der Waals surface area contributed by atoms with Crippen molar-refractivity contribution >= 4 is 23.6 Å². The van der Waals surface area contributed by atoms with E-state index in [1.807, 2.05) is 5.43 Å². The zero-order chi connectivity index (χ0) is 13.5. The summed E-state index contributed by atoms with van der Waals surface area (Å²) in [6.45, 7) is 0. The average molecular weight is 282 g/mol. The van der Waals surface area contributed by atoms with Crippen LogP contribution in [0.5, 0.6) is 0 Å². The Morgan fingerprint density at radius 2 is 2.17 bits per heavy atom. The summed E-state index contributed by atoms with van der Waals surface area (Å²) in [4.78, 5) is 21.9. The van der Waals surface area contributed by atoms with Gasteiger partial charge in [0.1, 0.15) is 5.25 Å². The van der Waals surface area contributed by atoms with Crippen molar-refractivity contribution in [3.8, 4) is 0 Å². The summed E-state index contributed by atoms with van der Waals surface area (Å²) in [5, 5.41) is 13.5. The Hall–Kier alpha value is -1.78. The number of fused-ring (bicyclic) bond motifs is 1. The first-order valence-corrected chi connectivity index (χ1v) is 5.39. The molecule has 1 amide bonds. The second-order valence-electron chi connectivity index (χ2n) is 3.32. The monoisotopic (exact) mass is 282 g/mol. The normalized spacial score (nSPS) is 19.3. The lowest BCUT2D eigenvalue weighted by molar-refractivity contribution is -0.147. The largest absolute Gasteiger partial charge is 0.481 e. The van der Waals surface area contributed by atoms with Crippen LogP contribution in [0.15, 0.2) is 5.16 Å². The van der Waals surface area contributed by atoms with Crippen LogP contribution >= 0.6 is 11.8 Å². The van der Waals surface area contributed by atoms with Gasteiger partial charge in [-0.3, -0.25) is 15.0 Å². The van der Waals surface area contributed by atoms with Gasteiger partial charge in [0.05, 0.1) is 6.42 Å². The fraction of sp³-hybridized carbons (Fsp3) is 0.429. The second-order valence-corrected chi connectivity index (χ2v) is 4.49. The molecule has 0 bridgehead atoms. The molecule has 98 valence electrons. The minimum atomic E-state index is -4.75. The Morgan fingerprint density at radius 3 is 2.72 bits per heavy atom. The summed E-state index contributed by atoms with van der Waals surface area (Å²) in [6, 6.07) is 0. The molecule has 0 aliphatic carbocycles. The van der Waals surface area contributed by atoms with Crippen molar-refractivity contribution in [3.63, 3.8) is 0 Å². The minimum Gasteiger partial charge on any atom is -0.481 e. The Morgan fingerprint density at radius 1 is 1.50 bits per heavy atom. The van der Waals surface area contributed by atoms with Gasteiger partial charge in [0.25, 0.3) is 11.7 Å². The number of carboxylic acid groups (broad SMARTS) is 1. The van der Waals surface area contributed by atoms with Gasteiger partial charge in [-0.25, -0.2) is 4.68 Å². The van der Waals surface area contributed by atoms with Crippen LogP contribution in [0.3, 0.4) is 0 Å². The number of rotatable bonds is 2. The first-order valence-electron chi connectivity index (χ1n) is 4.51. The van der Waals surface area contributed by atoms with Gasteiger partial charge in [-0.2, -0.15) is 13.2 Å². The Labute approximate surface area is 101 Å². The minimum absolute atomic E-state index is 0.201. The number of halogens is 3. The number of nitrogens with zero attached hydrogens (tertiary/aromatic N) is 3. The topological polar surface area (TPSA) is 97.1 Å². The molecule has 2 heterocycles. The van der Waals surface area contributed by atoms with Crippen LogP contribution in [-0.4, -0.2) is 37.1 Å². The highest BCUT2D eigenvalue weighted by molar-refractivity contribution is 8.00. The van der Waals surface area contributed by atoms with E-state index >= 15 is 0 Å². The Balaban J connectivity index is 2.30. The van der Waals surface area contributed by atoms with E-state index in [9.17, 15) is 22.8 Å². The summed E-state index contributed by atoms with van der Waals surface area (Å²) in [6.07, 6.45) is -5.26. The lowest BCUT2D eigenvalue weighted by Gasteiger charge is -2.22. The van der Waals surface area contributed by atoms with Gasteiger partial charge >= 0.3 is 12.1 Å². The summed E-state index contributed by atoms with van der Waals surface area (Å²) in [5.41, 5.74) is 1.92. The predicted octanol–water partition coefficient (Wildman–Crippen LogP) is 0.316. The molecule has 1 aromatic heterocycles. The van der Waals surface area contributed by atoms with Crippen LogP contribution in [0.4, 0.5) is 13.2 Å². The maximum Gasteiger partial charge on any atom is 0.453 e. The fourth-order valence-corrected chi connectivity index (χ4v) is 2.25. The number of aliphatic carboxylic acids is 1. The number of alkyl halides is 3. The molecular formula is C7H5F3N4O3S. The van der Waals surface area contributed by atoms with Crippen molar-refractivity contribution in [1.82, 2.24) is 14.9 Å². The van der Waals surface area contributed by atoms with Gasteiger partial charge in [-0.1, -0.05) is 11.8 Å². The molecule has 0 fully saturated rings. The van der Waals surface area contributed by atoms with E-state index in [2.05, 4.69) is 10.2 Å². The van der Waals surface area contributed by atoms with Crippen LogP contribution in [0.25, 0.3) is 0 Å². The number of carbonyl (C=O) groups excluding carboxylic acids is 1. The number of aromatic nitrogens is 3. The molecule has 1 aromatic rings. The molecule has 1 atom stereocenters. The zero-order valence-electron chi connectivity index (χ0n) is 8.43. The maximum atomic E-state index is 12.5. The number of carbonyl (C=O) groups is 2. The standard InChI is InChI=1S/C7H5F3N4O3S/c8-7(9,10)5-11-12-6-14(5)13-4(17)2(18-6)1-3(15)16/h2H,1H2,(H,13,17)(H,15,16). The number of hydrogen-bond donors (Lipinski definition) is 2. The van der Waals surface area contributed by atoms with Gasteiger partial charge in [0.15, 0.2) is 0 Å². The van der Waals surface area contributed by atoms with Crippen LogP contribution in [-0.2, 0) is 15.8 Å². The molecule has 0 aromatic carbocycles. The summed E-state index contributed by atoms with van der Waals surface area (Å²) < 4.78 is 37.8. The van der Waals surface area contributed by atoms with Gasteiger partial charge in [0, 0.05) is 0 Å². The quantitative estimate of drug-likeness (QED) is 0.810. The lowest BCUT2D eigenvalue weighted by Crippen LogP contribution is -2.39. The van der Waals surface area contributed by atoms with E-state index in [4.69, 9.17) is 5.11 Å². The van der Waals surface area contributed by atoms with Gasteiger partial charge in [-0.05, 0) is 0 Å². The first-order chi connectivity index (χ1) is 8.29. The number of hydrogen-bond acceptors (Lipinski definition) is 5. The van der Waals surface area contributed by atoms with Crippen molar-refractivity contribution in [2.45, 2.75) is 23.0 Å². The van der Waals surface area contributed by atoms with Gasteiger partial charge < -0.3 is 5.11 Å². The predicted molar refractivity (Wildman–Crippen MR) is 51.3 cm³/mol. The highest BCUT2D eigenvalue weighted by atomic mass is 32.2. The molecule has 1 aliphatic rings. The van der Waals surface area contributed by atoms with Crippen molar-refractivity contribution in [2.75, 3.05) is 5.43 Å². The van der Waals surface area contributed by atoms with Crippen LogP contribution in [0.1, 0.15) is 12.2 Å². The summed E-state index contributed by atoms with van der Waals surface area (Å²) >= 11 is 0.627.